The van der Waals surface area contributed by atoms with Gasteiger partial charge >= 0.3 is 0 Å². The van der Waals surface area contributed by atoms with Crippen molar-refractivity contribution < 1.29 is 14.3 Å². The van der Waals surface area contributed by atoms with Gasteiger partial charge in [0.25, 0.3) is 11.8 Å². The molecule has 2 heterocycles. The van der Waals surface area contributed by atoms with E-state index in [0.29, 0.717) is 29.0 Å². The Morgan fingerprint density at radius 3 is 3.12 bits per heavy atom. The third-order valence-electron chi connectivity index (χ3n) is 5.33. The summed E-state index contributed by atoms with van der Waals surface area (Å²) in [6, 6.07) is 6.47. The molecule has 1 aromatic carbocycles. The molecule has 7 heteroatoms. The van der Waals surface area contributed by atoms with E-state index in [9.17, 15) is 9.59 Å². The van der Waals surface area contributed by atoms with Gasteiger partial charge in [0.15, 0.2) is 5.69 Å². The first kappa shape index (κ1) is 14.5. The summed E-state index contributed by atoms with van der Waals surface area (Å²) in [5, 5.41) is 12.8. The van der Waals surface area contributed by atoms with Crippen molar-refractivity contribution in [3.63, 3.8) is 0 Å². The highest BCUT2D eigenvalue weighted by atomic mass is 16.5. The van der Waals surface area contributed by atoms with Gasteiger partial charge in [-0.2, -0.15) is 5.10 Å². The van der Waals surface area contributed by atoms with Gasteiger partial charge < -0.3 is 15.4 Å². The Labute approximate surface area is 144 Å². The maximum absolute atomic E-state index is 12.7. The minimum atomic E-state index is -0.758. The first-order valence-electron chi connectivity index (χ1n) is 8.61. The number of hydrogen-bond donors (Lipinski definition) is 3. The lowest BCUT2D eigenvalue weighted by Crippen LogP contribution is -2.46. The van der Waals surface area contributed by atoms with Crippen molar-refractivity contribution in [3.8, 4) is 5.75 Å². The number of hydrogen-bond acceptors (Lipinski definition) is 4. The third kappa shape index (κ3) is 2.38. The largest absolute Gasteiger partial charge is 0.489 e. The van der Waals surface area contributed by atoms with Crippen LogP contribution in [0.15, 0.2) is 24.3 Å². The normalized spacial score (nSPS) is 26.2. The summed E-state index contributed by atoms with van der Waals surface area (Å²) in [6.45, 7) is 0.0905. The fourth-order valence-corrected chi connectivity index (χ4v) is 3.90. The van der Waals surface area contributed by atoms with Crippen LogP contribution in [0, 0.1) is 5.92 Å². The van der Waals surface area contributed by atoms with Crippen LogP contribution in [-0.2, 0) is 11.2 Å². The molecule has 1 aromatic heterocycles. The standard InChI is InChI=1S/C18H18N4O3/c23-17-13(8-25-14-4-2-1-3-11(14)19-17)20-18(24)16-15-10-7-9(10)5-6-12(15)21-22-16/h1-4,9-10,13H,5-8H2,(H,19,23)(H,20,24)(H,21,22)/t9?,10?,13-/m0/s1. The maximum atomic E-state index is 12.7. The number of H-pyrrole nitrogens is 1. The highest BCUT2D eigenvalue weighted by Crippen LogP contribution is 2.54. The summed E-state index contributed by atoms with van der Waals surface area (Å²) in [5.74, 6) is 1.14. The van der Waals surface area contributed by atoms with E-state index in [1.807, 2.05) is 12.1 Å². The predicted octanol–water partition coefficient (Wildman–Crippen LogP) is 1.59. The zero-order valence-electron chi connectivity index (χ0n) is 13.5. The van der Waals surface area contributed by atoms with Crippen molar-refractivity contribution in [2.75, 3.05) is 11.9 Å². The lowest BCUT2D eigenvalue weighted by Gasteiger charge is -2.15. The van der Waals surface area contributed by atoms with E-state index in [0.717, 1.165) is 30.5 Å². The van der Waals surface area contributed by atoms with Crippen LogP contribution in [-0.4, -0.2) is 34.7 Å². The molecule has 3 aliphatic rings. The molecule has 3 atom stereocenters. The molecule has 5 rings (SSSR count). The van der Waals surface area contributed by atoms with Gasteiger partial charge in [0.05, 0.1) is 5.69 Å². The molecular weight excluding hydrogens is 320 g/mol. The average Bonchev–Trinajstić information content (AvgIpc) is 3.32. The summed E-state index contributed by atoms with van der Waals surface area (Å²) >= 11 is 0. The Bertz CT molecular complexity index is 875. The summed E-state index contributed by atoms with van der Waals surface area (Å²) in [4.78, 5) is 25.1. The number of carbonyl (C=O) groups is 2. The second-order valence-corrected chi connectivity index (χ2v) is 6.93. The van der Waals surface area contributed by atoms with Crippen molar-refractivity contribution in [3.05, 3.63) is 41.2 Å². The minimum absolute atomic E-state index is 0.0905. The predicted molar refractivity (Wildman–Crippen MR) is 89.6 cm³/mol. The number of aromatic amines is 1. The number of nitrogens with one attached hydrogen (secondary N) is 3. The number of ether oxygens (including phenoxy) is 1. The second-order valence-electron chi connectivity index (χ2n) is 6.93. The van der Waals surface area contributed by atoms with Gasteiger partial charge in [-0.15, -0.1) is 0 Å². The van der Waals surface area contributed by atoms with Crippen LogP contribution < -0.4 is 15.4 Å². The fraction of sp³-hybridized carbons (Fsp3) is 0.389. The van der Waals surface area contributed by atoms with Crippen LogP contribution in [0.3, 0.4) is 0 Å². The van der Waals surface area contributed by atoms with Gasteiger partial charge in [0.1, 0.15) is 18.4 Å². The number of benzene rings is 1. The summed E-state index contributed by atoms with van der Waals surface area (Å²) in [5.41, 5.74) is 3.16. The van der Waals surface area contributed by atoms with Gasteiger partial charge in [-0.3, -0.25) is 14.7 Å². The topological polar surface area (TPSA) is 96.1 Å². The van der Waals surface area contributed by atoms with Crippen molar-refractivity contribution in [1.82, 2.24) is 15.5 Å². The molecule has 1 fully saturated rings. The van der Waals surface area contributed by atoms with Gasteiger partial charge in [-0.05, 0) is 43.2 Å². The smallest absolute Gasteiger partial charge is 0.272 e. The van der Waals surface area contributed by atoms with Crippen LogP contribution in [0.2, 0.25) is 0 Å². The summed E-state index contributed by atoms with van der Waals surface area (Å²) in [7, 11) is 0. The van der Waals surface area contributed by atoms with Crippen LogP contribution >= 0.6 is 0 Å². The molecule has 2 unspecified atom stereocenters. The molecule has 2 aromatic rings. The van der Waals surface area contributed by atoms with E-state index in [2.05, 4.69) is 20.8 Å². The molecule has 0 spiro atoms. The van der Waals surface area contributed by atoms with Crippen molar-refractivity contribution in [2.45, 2.75) is 31.2 Å². The second kappa shape index (κ2) is 5.34. The van der Waals surface area contributed by atoms with Gasteiger partial charge in [0, 0.05) is 11.3 Å². The SMILES string of the molecule is O=C(N[C@H]1COc2ccccc2NC1=O)c1n[nH]c2c1C1CC1CC2. The van der Waals surface area contributed by atoms with Crippen LogP contribution in [0.25, 0.3) is 0 Å². The van der Waals surface area contributed by atoms with Gasteiger partial charge in [-0.25, -0.2) is 0 Å². The molecule has 25 heavy (non-hydrogen) atoms. The average molecular weight is 338 g/mol. The maximum Gasteiger partial charge on any atom is 0.272 e. The zero-order chi connectivity index (χ0) is 17.0. The molecule has 2 aliphatic carbocycles. The number of rotatable bonds is 2. The molecule has 0 saturated heterocycles. The third-order valence-corrected chi connectivity index (χ3v) is 5.33. The van der Waals surface area contributed by atoms with E-state index in [1.165, 1.54) is 0 Å². The monoisotopic (exact) mass is 338 g/mol. The van der Waals surface area contributed by atoms with E-state index in [-0.39, 0.29) is 18.4 Å². The summed E-state index contributed by atoms with van der Waals surface area (Å²) in [6.07, 6.45) is 3.24. The Kier molecular flexibility index (Phi) is 3.10. The number of fused-ring (bicyclic) bond motifs is 4. The molecule has 2 amide bonds. The first-order chi connectivity index (χ1) is 12.2. The van der Waals surface area contributed by atoms with E-state index < -0.39 is 6.04 Å². The van der Waals surface area contributed by atoms with Crippen molar-refractivity contribution in [1.29, 1.82) is 0 Å². The quantitative estimate of drug-likeness (QED) is 0.775. The molecule has 3 N–H and O–H groups in total. The molecule has 0 radical (unpaired) electrons. The number of anilines is 1. The van der Waals surface area contributed by atoms with Crippen LogP contribution in [0.4, 0.5) is 5.69 Å². The van der Waals surface area contributed by atoms with Crippen molar-refractivity contribution >= 4 is 17.5 Å². The van der Waals surface area contributed by atoms with Crippen LogP contribution in [0.5, 0.6) is 5.75 Å². The molecule has 0 bridgehead atoms. The molecule has 128 valence electrons. The first-order valence-corrected chi connectivity index (χ1v) is 8.61. The highest BCUT2D eigenvalue weighted by Gasteiger charge is 2.46. The molecule has 1 aliphatic heterocycles. The lowest BCUT2D eigenvalue weighted by atomic mass is 9.95. The number of para-hydroxylation sites is 2. The number of aromatic nitrogens is 2. The Morgan fingerprint density at radius 2 is 2.20 bits per heavy atom. The number of amides is 2. The number of carbonyl (C=O) groups excluding carboxylic acids is 2. The molecule has 7 nitrogen and oxygen atoms in total. The zero-order valence-corrected chi connectivity index (χ0v) is 13.5. The Balaban J connectivity index is 1.35. The van der Waals surface area contributed by atoms with E-state index in [1.54, 1.807) is 12.1 Å². The van der Waals surface area contributed by atoms with Gasteiger partial charge in [-0.1, -0.05) is 12.1 Å². The number of nitrogens with zero attached hydrogens (tertiary/aromatic N) is 1. The summed E-state index contributed by atoms with van der Waals surface area (Å²) < 4.78 is 5.67. The van der Waals surface area contributed by atoms with Crippen LogP contribution in [0.1, 0.15) is 40.5 Å². The number of aryl methyl sites for hydroxylation is 1. The fourth-order valence-electron chi connectivity index (χ4n) is 3.90. The Morgan fingerprint density at radius 1 is 1.32 bits per heavy atom. The highest BCUT2D eigenvalue weighted by molar-refractivity contribution is 6.02. The van der Waals surface area contributed by atoms with E-state index >= 15 is 0 Å². The van der Waals surface area contributed by atoms with Gasteiger partial charge in [0.2, 0.25) is 0 Å². The lowest BCUT2D eigenvalue weighted by molar-refractivity contribution is -0.118. The minimum Gasteiger partial charge on any atom is -0.489 e. The molecule has 1 saturated carbocycles. The van der Waals surface area contributed by atoms with Crippen molar-refractivity contribution in [2.24, 2.45) is 5.92 Å². The molecular formula is C18H18N4O3. The Hall–Kier alpha value is -2.83. The van der Waals surface area contributed by atoms with E-state index in [4.69, 9.17) is 4.74 Å².